The number of pyridine rings is 1. The minimum Gasteiger partial charge on any atom is -0.495 e. The molecule has 4 aromatic rings. The molecule has 180 valence electrons. The van der Waals surface area contributed by atoms with Gasteiger partial charge in [0.25, 0.3) is 0 Å². The molecule has 0 saturated carbocycles. The third-order valence-corrected chi connectivity index (χ3v) is 5.39. The molecule has 2 aromatic heterocycles. The van der Waals surface area contributed by atoms with Crippen LogP contribution in [0.2, 0.25) is 5.02 Å². The average Bonchev–Trinajstić information content (AvgIpc) is 3.29. The molecule has 0 aliphatic carbocycles. The second kappa shape index (κ2) is 10.1. The maximum absolute atomic E-state index is 13.1. The van der Waals surface area contributed by atoms with Crippen molar-refractivity contribution in [1.29, 1.82) is 0 Å². The van der Waals surface area contributed by atoms with Gasteiger partial charge >= 0.3 is 12.2 Å². The fourth-order valence-electron chi connectivity index (χ4n) is 3.42. The number of carbonyl (C=O) groups excluding carboxylic acids is 1. The Labute approximate surface area is 203 Å². The Hall–Kier alpha value is -4.05. The molecule has 0 saturated heterocycles. The molecule has 2 heterocycles. The molecule has 0 bridgehead atoms. The standard InChI is InChI=1S/C24H19ClF3N5O2/c1-35-21-5-3-17(24(26,27)28)13-20(21)32-23(34)31-19-12-15(2-4-18(19)25)14-33-11-10-30-22(33)16-6-8-29-9-7-16/h2-13H,14H2,1H3,(H2,31,32,34). The van der Waals surface area contributed by atoms with Gasteiger partial charge in [-0.3, -0.25) is 4.98 Å². The van der Waals surface area contributed by atoms with Gasteiger partial charge in [-0.1, -0.05) is 17.7 Å². The van der Waals surface area contributed by atoms with E-state index in [0.29, 0.717) is 6.54 Å². The number of nitrogens with zero attached hydrogens (tertiary/aromatic N) is 3. The van der Waals surface area contributed by atoms with E-state index in [2.05, 4.69) is 20.6 Å². The first-order valence-corrected chi connectivity index (χ1v) is 10.7. The van der Waals surface area contributed by atoms with Gasteiger partial charge in [-0.25, -0.2) is 9.78 Å². The predicted octanol–water partition coefficient (Wildman–Crippen LogP) is 6.32. The molecule has 0 unspecified atom stereocenters. The van der Waals surface area contributed by atoms with Crippen LogP contribution in [0.25, 0.3) is 11.4 Å². The summed E-state index contributed by atoms with van der Waals surface area (Å²) < 4.78 is 46.2. The zero-order valence-electron chi connectivity index (χ0n) is 18.3. The zero-order chi connectivity index (χ0) is 25.0. The number of benzene rings is 2. The minimum atomic E-state index is -4.57. The van der Waals surface area contributed by atoms with Crippen LogP contribution in [0.4, 0.5) is 29.3 Å². The molecule has 0 aliphatic rings. The van der Waals surface area contributed by atoms with E-state index in [9.17, 15) is 18.0 Å². The van der Waals surface area contributed by atoms with Crippen molar-refractivity contribution in [1.82, 2.24) is 14.5 Å². The number of rotatable bonds is 6. The number of aromatic nitrogens is 3. The summed E-state index contributed by atoms with van der Waals surface area (Å²) in [7, 11) is 1.29. The molecule has 7 nitrogen and oxygen atoms in total. The molecule has 0 atom stereocenters. The molecule has 0 fully saturated rings. The van der Waals surface area contributed by atoms with Gasteiger partial charge < -0.3 is 19.9 Å². The van der Waals surface area contributed by atoms with Crippen LogP contribution in [0.15, 0.2) is 73.3 Å². The number of urea groups is 1. The van der Waals surface area contributed by atoms with Gasteiger partial charge in [-0.15, -0.1) is 0 Å². The third-order valence-electron chi connectivity index (χ3n) is 5.06. The fourth-order valence-corrected chi connectivity index (χ4v) is 3.58. The molecule has 0 radical (unpaired) electrons. The number of carbonyl (C=O) groups is 1. The van der Waals surface area contributed by atoms with Crippen LogP contribution >= 0.6 is 11.6 Å². The van der Waals surface area contributed by atoms with Crippen LogP contribution in [-0.4, -0.2) is 27.7 Å². The third kappa shape index (κ3) is 5.72. The number of hydrogen-bond donors (Lipinski definition) is 2. The second-order valence-electron chi connectivity index (χ2n) is 7.42. The predicted molar refractivity (Wildman–Crippen MR) is 127 cm³/mol. The highest BCUT2D eigenvalue weighted by Crippen LogP contribution is 2.35. The van der Waals surface area contributed by atoms with Gasteiger partial charge in [0.1, 0.15) is 11.6 Å². The average molecular weight is 502 g/mol. The normalized spacial score (nSPS) is 11.2. The van der Waals surface area contributed by atoms with Crippen LogP contribution in [0, 0.1) is 0 Å². The van der Waals surface area contributed by atoms with E-state index in [-0.39, 0.29) is 22.1 Å². The number of methoxy groups -OCH3 is 1. The van der Waals surface area contributed by atoms with Gasteiger partial charge in [0.05, 0.1) is 29.1 Å². The van der Waals surface area contributed by atoms with Gasteiger partial charge in [0, 0.05) is 36.9 Å². The number of ether oxygens (including phenoxy) is 1. The molecule has 2 amide bonds. The highest BCUT2D eigenvalue weighted by Gasteiger charge is 2.31. The highest BCUT2D eigenvalue weighted by molar-refractivity contribution is 6.33. The molecule has 2 aromatic carbocycles. The summed E-state index contributed by atoms with van der Waals surface area (Å²) in [4.78, 5) is 21.0. The summed E-state index contributed by atoms with van der Waals surface area (Å²) in [6.45, 7) is 0.437. The van der Waals surface area contributed by atoms with Crippen LogP contribution < -0.4 is 15.4 Å². The topological polar surface area (TPSA) is 81.1 Å². The summed E-state index contributed by atoms with van der Waals surface area (Å²) >= 11 is 6.25. The SMILES string of the molecule is COc1ccc(C(F)(F)F)cc1NC(=O)Nc1cc(Cn2ccnc2-c2ccncc2)ccc1Cl. The zero-order valence-corrected chi connectivity index (χ0v) is 19.1. The Balaban J connectivity index is 1.52. The number of anilines is 2. The number of nitrogens with one attached hydrogen (secondary N) is 2. The Morgan fingerprint density at radius 2 is 1.77 bits per heavy atom. The lowest BCUT2D eigenvalue weighted by Gasteiger charge is -2.15. The van der Waals surface area contributed by atoms with E-state index in [4.69, 9.17) is 16.3 Å². The lowest BCUT2D eigenvalue weighted by atomic mass is 10.1. The fraction of sp³-hybridized carbons (Fsp3) is 0.125. The number of amides is 2. The van der Waals surface area contributed by atoms with Crippen molar-refractivity contribution in [3.63, 3.8) is 0 Å². The lowest BCUT2D eigenvalue weighted by Crippen LogP contribution is -2.20. The van der Waals surface area contributed by atoms with Crippen LogP contribution in [0.1, 0.15) is 11.1 Å². The van der Waals surface area contributed by atoms with Gasteiger partial charge in [0.2, 0.25) is 0 Å². The second-order valence-corrected chi connectivity index (χ2v) is 7.83. The van der Waals surface area contributed by atoms with Crippen LogP contribution in [-0.2, 0) is 12.7 Å². The quantitative estimate of drug-likeness (QED) is 0.324. The lowest BCUT2D eigenvalue weighted by molar-refractivity contribution is -0.137. The first-order chi connectivity index (χ1) is 16.7. The Kier molecular flexibility index (Phi) is 6.92. The van der Waals surface area contributed by atoms with E-state index in [1.807, 2.05) is 22.9 Å². The first kappa shape index (κ1) is 24.1. The number of imidazole rings is 1. The van der Waals surface area contributed by atoms with Crippen molar-refractivity contribution in [2.45, 2.75) is 12.7 Å². The summed E-state index contributed by atoms with van der Waals surface area (Å²) in [5.74, 6) is 0.822. The molecule has 11 heteroatoms. The molecule has 2 N–H and O–H groups in total. The van der Waals surface area contributed by atoms with Gasteiger partial charge in [-0.2, -0.15) is 13.2 Å². The van der Waals surface area contributed by atoms with Crippen molar-refractivity contribution in [3.8, 4) is 17.1 Å². The Morgan fingerprint density at radius 3 is 2.49 bits per heavy atom. The molecule has 35 heavy (non-hydrogen) atoms. The first-order valence-electron chi connectivity index (χ1n) is 10.3. The van der Waals surface area contributed by atoms with E-state index in [1.165, 1.54) is 7.11 Å². The van der Waals surface area contributed by atoms with Crippen LogP contribution in [0.5, 0.6) is 5.75 Å². The minimum absolute atomic E-state index is 0.0803. The van der Waals surface area contributed by atoms with Crippen molar-refractivity contribution < 1.29 is 22.7 Å². The largest absolute Gasteiger partial charge is 0.495 e. The number of halogens is 4. The summed E-state index contributed by atoms with van der Waals surface area (Å²) in [5, 5.41) is 5.24. The Morgan fingerprint density at radius 1 is 1.03 bits per heavy atom. The monoisotopic (exact) mass is 501 g/mol. The van der Waals surface area contributed by atoms with Crippen molar-refractivity contribution in [2.75, 3.05) is 17.7 Å². The summed E-state index contributed by atoms with van der Waals surface area (Å²) in [5.41, 5.74) is 0.950. The highest BCUT2D eigenvalue weighted by atomic mass is 35.5. The molecule has 0 aliphatic heterocycles. The maximum Gasteiger partial charge on any atom is 0.416 e. The van der Waals surface area contributed by atoms with E-state index >= 15 is 0 Å². The van der Waals surface area contributed by atoms with Crippen LogP contribution in [0.3, 0.4) is 0 Å². The van der Waals surface area contributed by atoms with E-state index in [0.717, 1.165) is 35.2 Å². The molecular formula is C24H19ClF3N5O2. The maximum atomic E-state index is 13.1. The van der Waals surface area contributed by atoms with Gasteiger partial charge in [-0.05, 0) is 48.0 Å². The Bertz CT molecular complexity index is 1340. The van der Waals surface area contributed by atoms with Gasteiger partial charge in [0.15, 0.2) is 0 Å². The smallest absolute Gasteiger partial charge is 0.416 e. The van der Waals surface area contributed by atoms with Crippen molar-refractivity contribution >= 4 is 29.0 Å². The molecule has 4 rings (SSSR count). The van der Waals surface area contributed by atoms with Crippen molar-refractivity contribution in [2.24, 2.45) is 0 Å². The number of alkyl halides is 3. The summed E-state index contributed by atoms with van der Waals surface area (Å²) in [6.07, 6.45) is 2.29. The molecule has 0 spiro atoms. The van der Waals surface area contributed by atoms with E-state index in [1.54, 1.807) is 36.8 Å². The number of hydrogen-bond acceptors (Lipinski definition) is 4. The van der Waals surface area contributed by atoms with E-state index < -0.39 is 17.8 Å². The summed E-state index contributed by atoms with van der Waals surface area (Å²) in [6, 6.07) is 10.8. The van der Waals surface area contributed by atoms with Crippen molar-refractivity contribution in [3.05, 3.63) is 89.5 Å². The molecular weight excluding hydrogens is 483 g/mol.